The van der Waals surface area contributed by atoms with Gasteiger partial charge in [-0.2, -0.15) is 0 Å². The Morgan fingerprint density at radius 2 is 1.65 bits per heavy atom. The number of carbonyl (C=O) groups is 1. The van der Waals surface area contributed by atoms with Gasteiger partial charge < -0.3 is 10.6 Å². The Morgan fingerprint density at radius 1 is 0.962 bits per heavy atom. The maximum atomic E-state index is 13.0. The monoisotopic (exact) mass is 344 g/mol. The maximum Gasteiger partial charge on any atom is 0.163 e. The summed E-state index contributed by atoms with van der Waals surface area (Å²) >= 11 is 0. The summed E-state index contributed by atoms with van der Waals surface area (Å²) in [5.74, 6) is 0.228. The summed E-state index contributed by atoms with van der Waals surface area (Å²) in [5.41, 5.74) is 5.08. The zero-order valence-electron chi connectivity index (χ0n) is 15.3. The molecule has 0 radical (unpaired) electrons. The summed E-state index contributed by atoms with van der Waals surface area (Å²) in [6, 6.07) is 18.2. The largest absolute Gasteiger partial charge is 0.373 e. The van der Waals surface area contributed by atoms with Gasteiger partial charge in [-0.05, 0) is 29.5 Å². The standard InChI is InChI=1S/C23H24N2O/c1-23(2)14-20-22(21(26)15-23)19(13-12-16-8-4-3-5-9-16)24-17-10-6-7-11-18(17)25-20/h3-13,19,24-25H,14-15H2,1-2H3. The fourth-order valence-electron chi connectivity index (χ4n) is 3.84. The average molecular weight is 344 g/mol. The molecule has 132 valence electrons. The first-order chi connectivity index (χ1) is 12.5. The average Bonchev–Trinajstić information content (AvgIpc) is 2.75. The van der Waals surface area contributed by atoms with Gasteiger partial charge in [-0.25, -0.2) is 0 Å². The van der Waals surface area contributed by atoms with Gasteiger partial charge in [0, 0.05) is 17.7 Å². The van der Waals surface area contributed by atoms with E-state index in [9.17, 15) is 4.79 Å². The number of hydrogen-bond donors (Lipinski definition) is 2. The van der Waals surface area contributed by atoms with Gasteiger partial charge in [0.15, 0.2) is 5.78 Å². The first-order valence-electron chi connectivity index (χ1n) is 9.14. The van der Waals surface area contributed by atoms with Crippen LogP contribution in [0.1, 0.15) is 32.3 Å². The quantitative estimate of drug-likeness (QED) is 0.782. The topological polar surface area (TPSA) is 41.1 Å². The highest BCUT2D eigenvalue weighted by Crippen LogP contribution is 2.41. The van der Waals surface area contributed by atoms with E-state index in [0.29, 0.717) is 6.42 Å². The lowest BCUT2D eigenvalue weighted by molar-refractivity contribution is -0.118. The summed E-state index contributed by atoms with van der Waals surface area (Å²) in [7, 11) is 0. The van der Waals surface area contributed by atoms with Crippen LogP contribution in [0, 0.1) is 5.41 Å². The molecule has 1 unspecified atom stereocenters. The van der Waals surface area contributed by atoms with Crippen molar-refractivity contribution in [2.75, 3.05) is 10.6 Å². The minimum atomic E-state index is -0.134. The van der Waals surface area contributed by atoms with E-state index in [0.717, 1.165) is 34.6 Å². The van der Waals surface area contributed by atoms with E-state index in [1.807, 2.05) is 30.3 Å². The molecule has 1 atom stereocenters. The van der Waals surface area contributed by atoms with E-state index in [-0.39, 0.29) is 17.2 Å². The fraction of sp³-hybridized carbons (Fsp3) is 0.261. The number of anilines is 2. The summed E-state index contributed by atoms with van der Waals surface area (Å²) in [6.45, 7) is 4.32. The Kier molecular flexibility index (Phi) is 4.15. The Hall–Kier alpha value is -2.81. The molecule has 0 fully saturated rings. The van der Waals surface area contributed by atoms with Crippen molar-refractivity contribution >= 4 is 23.2 Å². The maximum absolute atomic E-state index is 13.0. The second kappa shape index (κ2) is 6.49. The summed E-state index contributed by atoms with van der Waals surface area (Å²) < 4.78 is 0. The third-order valence-corrected chi connectivity index (χ3v) is 5.04. The summed E-state index contributed by atoms with van der Waals surface area (Å²) in [5, 5.41) is 7.10. The molecule has 1 aliphatic heterocycles. The van der Waals surface area contributed by atoms with Crippen molar-refractivity contribution in [2.24, 2.45) is 5.41 Å². The van der Waals surface area contributed by atoms with Crippen LogP contribution in [0.3, 0.4) is 0 Å². The zero-order valence-corrected chi connectivity index (χ0v) is 15.3. The Bertz CT molecular complexity index is 893. The van der Waals surface area contributed by atoms with E-state index in [1.165, 1.54) is 0 Å². The SMILES string of the molecule is CC1(C)CC(=O)C2=C(C1)Nc1ccccc1NC2C=Cc1ccccc1. The van der Waals surface area contributed by atoms with Crippen LogP contribution in [-0.2, 0) is 4.79 Å². The highest BCUT2D eigenvalue weighted by molar-refractivity contribution is 6.01. The third-order valence-electron chi connectivity index (χ3n) is 5.04. The predicted octanol–water partition coefficient (Wildman–Crippen LogP) is 5.25. The first-order valence-corrected chi connectivity index (χ1v) is 9.14. The number of rotatable bonds is 2. The number of nitrogens with one attached hydrogen (secondary N) is 2. The van der Waals surface area contributed by atoms with Crippen molar-refractivity contribution in [2.45, 2.75) is 32.7 Å². The smallest absolute Gasteiger partial charge is 0.163 e. The van der Waals surface area contributed by atoms with E-state index in [2.05, 4.69) is 60.9 Å². The Morgan fingerprint density at radius 3 is 2.42 bits per heavy atom. The van der Waals surface area contributed by atoms with Gasteiger partial charge in [-0.1, -0.05) is 68.5 Å². The third kappa shape index (κ3) is 3.30. The molecular formula is C23H24N2O. The molecule has 26 heavy (non-hydrogen) atoms. The number of Topliss-reactive ketones (excluding diaryl/α,β-unsaturated/α-hetero) is 1. The van der Waals surface area contributed by atoms with Crippen LogP contribution in [0.5, 0.6) is 0 Å². The van der Waals surface area contributed by atoms with Gasteiger partial charge >= 0.3 is 0 Å². The number of carbonyl (C=O) groups excluding carboxylic acids is 1. The van der Waals surface area contributed by atoms with Gasteiger partial charge in [-0.3, -0.25) is 4.79 Å². The van der Waals surface area contributed by atoms with Crippen LogP contribution in [-0.4, -0.2) is 11.8 Å². The molecule has 1 heterocycles. The molecule has 2 aliphatic rings. The summed E-state index contributed by atoms with van der Waals surface area (Å²) in [6.07, 6.45) is 5.65. The van der Waals surface area contributed by atoms with Crippen LogP contribution in [0.15, 0.2) is 71.9 Å². The van der Waals surface area contributed by atoms with Crippen LogP contribution in [0.4, 0.5) is 11.4 Å². The second-order valence-corrected chi connectivity index (χ2v) is 7.90. The Labute approximate surface area is 154 Å². The van der Waals surface area contributed by atoms with Crippen LogP contribution in [0.2, 0.25) is 0 Å². The molecule has 2 N–H and O–H groups in total. The molecule has 1 aliphatic carbocycles. The first kappa shape index (κ1) is 16.6. The van der Waals surface area contributed by atoms with Crippen LogP contribution >= 0.6 is 0 Å². The van der Waals surface area contributed by atoms with Gasteiger partial charge in [0.25, 0.3) is 0 Å². The second-order valence-electron chi connectivity index (χ2n) is 7.90. The van der Waals surface area contributed by atoms with Gasteiger partial charge in [0.1, 0.15) is 0 Å². The van der Waals surface area contributed by atoms with E-state index in [1.54, 1.807) is 0 Å². The molecule has 0 bridgehead atoms. The molecule has 0 spiro atoms. The van der Waals surface area contributed by atoms with Crippen molar-refractivity contribution in [1.29, 1.82) is 0 Å². The lowest BCUT2D eigenvalue weighted by Gasteiger charge is -2.33. The van der Waals surface area contributed by atoms with Crippen molar-refractivity contribution in [3.8, 4) is 0 Å². The number of hydrogen-bond acceptors (Lipinski definition) is 3. The fourth-order valence-corrected chi connectivity index (χ4v) is 3.84. The van der Waals surface area contributed by atoms with Gasteiger partial charge in [-0.15, -0.1) is 0 Å². The van der Waals surface area contributed by atoms with E-state index in [4.69, 9.17) is 0 Å². The number of allylic oxidation sites excluding steroid dienone is 1. The lowest BCUT2D eigenvalue weighted by Crippen LogP contribution is -2.34. The van der Waals surface area contributed by atoms with E-state index >= 15 is 0 Å². The highest BCUT2D eigenvalue weighted by Gasteiger charge is 2.37. The number of para-hydroxylation sites is 2. The highest BCUT2D eigenvalue weighted by atomic mass is 16.1. The number of fused-ring (bicyclic) bond motifs is 1. The molecule has 0 saturated heterocycles. The molecular weight excluding hydrogens is 320 g/mol. The predicted molar refractivity (Wildman–Crippen MR) is 108 cm³/mol. The molecule has 3 nitrogen and oxygen atoms in total. The lowest BCUT2D eigenvalue weighted by atomic mass is 9.74. The van der Waals surface area contributed by atoms with Crippen molar-refractivity contribution in [1.82, 2.24) is 0 Å². The van der Waals surface area contributed by atoms with Crippen molar-refractivity contribution in [3.05, 3.63) is 77.5 Å². The molecule has 0 saturated carbocycles. The minimum absolute atomic E-state index is 0.0180. The molecule has 2 aromatic carbocycles. The number of benzene rings is 2. The number of ketones is 1. The van der Waals surface area contributed by atoms with Gasteiger partial charge in [0.2, 0.25) is 0 Å². The summed E-state index contributed by atoms with van der Waals surface area (Å²) in [4.78, 5) is 13.0. The molecule has 0 aromatic heterocycles. The van der Waals surface area contributed by atoms with Crippen LogP contribution in [0.25, 0.3) is 6.08 Å². The normalized spacial score (nSPS) is 21.5. The molecule has 3 heteroatoms. The molecule has 4 rings (SSSR count). The van der Waals surface area contributed by atoms with Crippen LogP contribution < -0.4 is 10.6 Å². The zero-order chi connectivity index (χ0) is 18.1. The minimum Gasteiger partial charge on any atom is -0.373 e. The molecule has 2 aromatic rings. The Balaban J connectivity index is 1.77. The molecule has 0 amide bonds. The van der Waals surface area contributed by atoms with Crippen molar-refractivity contribution in [3.63, 3.8) is 0 Å². The van der Waals surface area contributed by atoms with Gasteiger partial charge in [0.05, 0.1) is 17.4 Å². The van der Waals surface area contributed by atoms with E-state index < -0.39 is 0 Å². The van der Waals surface area contributed by atoms with Crippen molar-refractivity contribution < 1.29 is 4.79 Å².